The molecular formula is C15H15F2N3O. The fourth-order valence-corrected chi connectivity index (χ4v) is 2.69. The van der Waals surface area contributed by atoms with Crippen LogP contribution in [0.1, 0.15) is 28.0 Å². The minimum Gasteiger partial charge on any atom is -0.334 e. The second kappa shape index (κ2) is 5.27. The summed E-state index contributed by atoms with van der Waals surface area (Å²) in [5.41, 5.74) is 1.99. The molecule has 21 heavy (non-hydrogen) atoms. The molecule has 1 amide bonds. The lowest BCUT2D eigenvalue weighted by atomic mass is 10.1. The Balaban J connectivity index is 1.88. The van der Waals surface area contributed by atoms with Gasteiger partial charge in [0.1, 0.15) is 11.6 Å². The van der Waals surface area contributed by atoms with Gasteiger partial charge in [-0.3, -0.25) is 9.48 Å². The first-order valence-electron chi connectivity index (χ1n) is 6.80. The molecule has 1 aliphatic rings. The van der Waals surface area contributed by atoms with Gasteiger partial charge in [0.05, 0.1) is 11.8 Å². The Labute approximate surface area is 121 Å². The van der Waals surface area contributed by atoms with Crippen LogP contribution in [0.15, 0.2) is 24.4 Å². The number of aromatic nitrogens is 2. The predicted octanol–water partition coefficient (Wildman–Crippen LogP) is 2.29. The van der Waals surface area contributed by atoms with Crippen molar-refractivity contribution in [3.05, 3.63) is 52.9 Å². The van der Waals surface area contributed by atoms with Crippen molar-refractivity contribution in [2.24, 2.45) is 7.05 Å². The topological polar surface area (TPSA) is 38.1 Å². The van der Waals surface area contributed by atoms with E-state index in [2.05, 4.69) is 5.10 Å². The number of benzene rings is 1. The van der Waals surface area contributed by atoms with Crippen LogP contribution in [0, 0.1) is 11.6 Å². The van der Waals surface area contributed by atoms with Gasteiger partial charge in [0.25, 0.3) is 5.91 Å². The van der Waals surface area contributed by atoms with Crippen LogP contribution in [0.5, 0.6) is 0 Å². The highest BCUT2D eigenvalue weighted by Crippen LogP contribution is 2.20. The summed E-state index contributed by atoms with van der Waals surface area (Å²) in [4.78, 5) is 14.0. The SMILES string of the molecule is Cn1ncc2c1CCCN(C(=O)c1ccc(F)cc1F)C2. The third kappa shape index (κ3) is 2.53. The Hall–Kier alpha value is -2.24. The zero-order chi connectivity index (χ0) is 15.0. The lowest BCUT2D eigenvalue weighted by Crippen LogP contribution is -2.31. The van der Waals surface area contributed by atoms with Crippen LogP contribution < -0.4 is 0 Å². The van der Waals surface area contributed by atoms with Crippen LogP contribution in [0.3, 0.4) is 0 Å². The van der Waals surface area contributed by atoms with E-state index in [1.54, 1.807) is 11.1 Å². The zero-order valence-electron chi connectivity index (χ0n) is 11.6. The zero-order valence-corrected chi connectivity index (χ0v) is 11.6. The molecule has 0 unspecified atom stereocenters. The van der Waals surface area contributed by atoms with Crippen LogP contribution in [0.4, 0.5) is 8.78 Å². The van der Waals surface area contributed by atoms with Crippen molar-refractivity contribution in [2.45, 2.75) is 19.4 Å². The van der Waals surface area contributed by atoms with Crippen LogP contribution in [0.25, 0.3) is 0 Å². The van der Waals surface area contributed by atoms with Crippen LogP contribution >= 0.6 is 0 Å². The van der Waals surface area contributed by atoms with Crippen molar-refractivity contribution >= 4 is 5.91 Å². The van der Waals surface area contributed by atoms with Crippen LogP contribution in [0.2, 0.25) is 0 Å². The average molecular weight is 291 g/mol. The summed E-state index contributed by atoms with van der Waals surface area (Å²) in [5, 5.41) is 4.19. The van der Waals surface area contributed by atoms with Crippen molar-refractivity contribution in [2.75, 3.05) is 6.54 Å². The fraction of sp³-hybridized carbons (Fsp3) is 0.333. The molecule has 4 nitrogen and oxygen atoms in total. The third-order valence-electron chi connectivity index (χ3n) is 3.80. The van der Waals surface area contributed by atoms with E-state index in [1.807, 2.05) is 11.7 Å². The first-order valence-corrected chi connectivity index (χ1v) is 6.80. The number of nitrogens with zero attached hydrogens (tertiary/aromatic N) is 3. The fourth-order valence-electron chi connectivity index (χ4n) is 2.69. The molecule has 1 aromatic carbocycles. The quantitative estimate of drug-likeness (QED) is 0.808. The number of hydrogen-bond donors (Lipinski definition) is 0. The van der Waals surface area contributed by atoms with Gasteiger partial charge in [0.15, 0.2) is 0 Å². The highest BCUT2D eigenvalue weighted by Gasteiger charge is 2.24. The molecule has 0 atom stereocenters. The summed E-state index contributed by atoms with van der Waals surface area (Å²) >= 11 is 0. The Morgan fingerprint density at radius 1 is 1.33 bits per heavy atom. The molecule has 1 aromatic heterocycles. The largest absolute Gasteiger partial charge is 0.334 e. The Bertz CT molecular complexity index is 696. The summed E-state index contributed by atoms with van der Waals surface area (Å²) in [6.07, 6.45) is 3.37. The van der Waals surface area contributed by atoms with Gasteiger partial charge in [-0.05, 0) is 25.0 Å². The Kier molecular flexibility index (Phi) is 3.45. The normalized spacial score (nSPS) is 14.7. The van der Waals surface area contributed by atoms with Gasteiger partial charge in [-0.2, -0.15) is 5.10 Å². The molecule has 3 rings (SSSR count). The van der Waals surface area contributed by atoms with E-state index in [0.717, 1.165) is 36.2 Å². The molecule has 0 aliphatic carbocycles. The minimum atomic E-state index is -0.823. The van der Waals surface area contributed by atoms with Crippen molar-refractivity contribution in [3.8, 4) is 0 Å². The highest BCUT2D eigenvalue weighted by atomic mass is 19.1. The molecule has 2 heterocycles. The Morgan fingerprint density at radius 2 is 2.14 bits per heavy atom. The van der Waals surface area contributed by atoms with Crippen molar-refractivity contribution in [1.82, 2.24) is 14.7 Å². The van der Waals surface area contributed by atoms with Crippen LogP contribution in [-0.2, 0) is 20.0 Å². The molecule has 0 fully saturated rings. The second-order valence-electron chi connectivity index (χ2n) is 5.19. The summed E-state index contributed by atoms with van der Waals surface area (Å²) in [7, 11) is 1.87. The number of fused-ring (bicyclic) bond motifs is 1. The average Bonchev–Trinajstić information content (AvgIpc) is 2.68. The number of aryl methyl sites for hydroxylation is 1. The Morgan fingerprint density at radius 3 is 2.90 bits per heavy atom. The monoisotopic (exact) mass is 291 g/mol. The van der Waals surface area contributed by atoms with E-state index in [0.29, 0.717) is 13.1 Å². The van der Waals surface area contributed by atoms with E-state index in [-0.39, 0.29) is 5.56 Å². The number of carbonyl (C=O) groups excluding carboxylic acids is 1. The second-order valence-corrected chi connectivity index (χ2v) is 5.19. The van der Waals surface area contributed by atoms with Gasteiger partial charge in [-0.1, -0.05) is 0 Å². The molecule has 1 aliphatic heterocycles. The molecule has 0 radical (unpaired) electrons. The number of halogens is 2. The minimum absolute atomic E-state index is 0.0938. The molecule has 6 heteroatoms. The molecule has 110 valence electrons. The predicted molar refractivity (Wildman–Crippen MR) is 72.6 cm³/mol. The summed E-state index contributed by atoms with van der Waals surface area (Å²) in [6.45, 7) is 0.948. The summed E-state index contributed by atoms with van der Waals surface area (Å²) < 4.78 is 28.5. The number of rotatable bonds is 1. The van der Waals surface area contributed by atoms with Gasteiger partial charge in [0.2, 0.25) is 0 Å². The third-order valence-corrected chi connectivity index (χ3v) is 3.80. The molecule has 0 saturated carbocycles. The lowest BCUT2D eigenvalue weighted by molar-refractivity contribution is 0.0741. The van der Waals surface area contributed by atoms with Gasteiger partial charge < -0.3 is 4.90 Å². The van der Waals surface area contributed by atoms with E-state index in [1.165, 1.54) is 6.07 Å². The maximum atomic E-state index is 13.8. The summed E-state index contributed by atoms with van der Waals surface area (Å²) in [5.74, 6) is -1.92. The molecular weight excluding hydrogens is 276 g/mol. The van der Waals surface area contributed by atoms with E-state index in [9.17, 15) is 13.6 Å². The van der Waals surface area contributed by atoms with E-state index >= 15 is 0 Å². The molecule has 2 aromatic rings. The maximum Gasteiger partial charge on any atom is 0.257 e. The summed E-state index contributed by atoms with van der Waals surface area (Å²) in [6, 6.07) is 3.03. The highest BCUT2D eigenvalue weighted by molar-refractivity contribution is 5.94. The van der Waals surface area contributed by atoms with E-state index in [4.69, 9.17) is 0 Å². The van der Waals surface area contributed by atoms with Gasteiger partial charge in [-0.25, -0.2) is 8.78 Å². The molecule has 0 saturated heterocycles. The standard InChI is InChI=1S/C15H15F2N3O/c1-19-14-3-2-6-20(9-10(14)8-18-19)15(21)12-5-4-11(16)7-13(12)17/h4-5,7-8H,2-3,6,9H2,1H3. The smallest absolute Gasteiger partial charge is 0.257 e. The van der Waals surface area contributed by atoms with E-state index < -0.39 is 17.5 Å². The first kappa shape index (κ1) is 13.7. The van der Waals surface area contributed by atoms with Gasteiger partial charge in [0, 0.05) is 37.5 Å². The number of hydrogen-bond acceptors (Lipinski definition) is 2. The number of carbonyl (C=O) groups is 1. The molecule has 0 bridgehead atoms. The van der Waals surface area contributed by atoms with Gasteiger partial charge in [-0.15, -0.1) is 0 Å². The van der Waals surface area contributed by atoms with Gasteiger partial charge >= 0.3 is 0 Å². The molecule has 0 N–H and O–H groups in total. The van der Waals surface area contributed by atoms with Crippen LogP contribution in [-0.4, -0.2) is 27.1 Å². The maximum absolute atomic E-state index is 13.8. The van der Waals surface area contributed by atoms with Crippen molar-refractivity contribution < 1.29 is 13.6 Å². The first-order chi connectivity index (χ1) is 10.1. The van der Waals surface area contributed by atoms with Crippen molar-refractivity contribution in [1.29, 1.82) is 0 Å². The lowest BCUT2D eigenvalue weighted by Gasteiger charge is -2.20. The number of amides is 1. The van der Waals surface area contributed by atoms with Crippen molar-refractivity contribution in [3.63, 3.8) is 0 Å². The molecule has 0 spiro atoms.